The van der Waals surface area contributed by atoms with Gasteiger partial charge in [-0.1, -0.05) is 30.3 Å². The average Bonchev–Trinajstić information content (AvgIpc) is 3.11. The van der Waals surface area contributed by atoms with Crippen LogP contribution in [-0.2, 0) is 0 Å². The molecule has 2 aromatic carbocycles. The number of furan rings is 1. The monoisotopic (exact) mass is 351 g/mol. The van der Waals surface area contributed by atoms with Crippen LogP contribution < -0.4 is 0 Å². The van der Waals surface area contributed by atoms with Crippen molar-refractivity contribution in [2.45, 2.75) is 20.8 Å². The third kappa shape index (κ3) is 3.80. The minimum Gasteiger partial charge on any atom is -0.455 e. The van der Waals surface area contributed by atoms with E-state index in [9.17, 15) is 8.78 Å². The maximum Gasteiger partial charge on any atom is 0.148 e. The summed E-state index contributed by atoms with van der Waals surface area (Å²) in [6, 6.07) is 16.8. The number of rotatable bonds is 4. The lowest BCUT2D eigenvalue weighted by molar-refractivity contribution is 0.554. The van der Waals surface area contributed by atoms with Gasteiger partial charge in [-0.05, 0) is 56.2 Å². The van der Waals surface area contributed by atoms with Gasteiger partial charge >= 0.3 is 0 Å². The predicted molar refractivity (Wildman–Crippen MR) is 101 cm³/mol. The maximum atomic E-state index is 13.9. The van der Waals surface area contributed by atoms with Crippen molar-refractivity contribution in [1.82, 2.24) is 0 Å². The molecule has 0 aliphatic rings. The van der Waals surface area contributed by atoms with Crippen molar-refractivity contribution in [3.63, 3.8) is 0 Å². The highest BCUT2D eigenvalue weighted by Crippen LogP contribution is 2.26. The minimum atomic E-state index is -0.656. The Morgan fingerprint density at radius 3 is 2.31 bits per heavy atom. The fourth-order valence-electron chi connectivity index (χ4n) is 2.65. The Hall–Kier alpha value is -3.01. The van der Waals surface area contributed by atoms with Crippen molar-refractivity contribution >= 4 is 11.3 Å². The van der Waals surface area contributed by atoms with Crippen LogP contribution >= 0.6 is 0 Å². The fraction of sp³-hybridized carbons (Fsp3) is 0.136. The molecular formula is C22H19F2NO. The molecule has 0 spiro atoms. The summed E-state index contributed by atoms with van der Waals surface area (Å²) in [5.41, 5.74) is 3.96. The Bertz CT molecular complexity index is 984. The van der Waals surface area contributed by atoms with Gasteiger partial charge in [0.15, 0.2) is 0 Å². The number of nitrogens with zero attached hydrogens (tertiary/aromatic N) is 1. The molecule has 0 bridgehead atoms. The van der Waals surface area contributed by atoms with E-state index >= 15 is 0 Å². The van der Waals surface area contributed by atoms with Gasteiger partial charge in [-0.15, -0.1) is 0 Å². The molecule has 1 heterocycles. The molecule has 0 N–H and O–H groups in total. The van der Waals surface area contributed by atoms with Crippen LogP contribution in [0.25, 0.3) is 16.9 Å². The van der Waals surface area contributed by atoms with Crippen LogP contribution in [0.2, 0.25) is 0 Å². The molecule has 0 unspecified atom stereocenters. The van der Waals surface area contributed by atoms with E-state index in [2.05, 4.69) is 4.99 Å². The second-order valence-corrected chi connectivity index (χ2v) is 6.06. The highest BCUT2D eigenvalue weighted by Gasteiger charge is 2.12. The Labute approximate surface area is 151 Å². The van der Waals surface area contributed by atoms with E-state index in [1.54, 1.807) is 12.1 Å². The van der Waals surface area contributed by atoms with E-state index < -0.39 is 11.6 Å². The first-order chi connectivity index (χ1) is 12.5. The van der Waals surface area contributed by atoms with E-state index in [1.165, 1.54) is 12.1 Å². The van der Waals surface area contributed by atoms with E-state index in [0.717, 1.165) is 22.9 Å². The van der Waals surface area contributed by atoms with Crippen LogP contribution in [-0.4, -0.2) is 5.71 Å². The molecule has 3 rings (SSSR count). The zero-order chi connectivity index (χ0) is 18.7. The Morgan fingerprint density at radius 2 is 1.62 bits per heavy atom. The van der Waals surface area contributed by atoms with E-state index in [0.29, 0.717) is 17.2 Å². The number of hydrogen-bond donors (Lipinski definition) is 0. The molecule has 0 saturated carbocycles. The van der Waals surface area contributed by atoms with Gasteiger partial charge in [0.25, 0.3) is 0 Å². The van der Waals surface area contributed by atoms with E-state index in [4.69, 9.17) is 4.42 Å². The molecule has 0 fully saturated rings. The summed E-state index contributed by atoms with van der Waals surface area (Å²) in [4.78, 5) is 4.62. The number of hydrogen-bond acceptors (Lipinski definition) is 2. The normalized spacial score (nSPS) is 12.9. The quantitative estimate of drug-likeness (QED) is 0.494. The van der Waals surface area contributed by atoms with Crippen LogP contribution in [0.1, 0.15) is 32.1 Å². The van der Waals surface area contributed by atoms with E-state index in [1.807, 2.05) is 51.1 Å². The largest absolute Gasteiger partial charge is 0.455 e. The van der Waals surface area contributed by atoms with Gasteiger partial charge in [0.05, 0.1) is 11.3 Å². The van der Waals surface area contributed by atoms with Gasteiger partial charge in [0, 0.05) is 11.8 Å². The van der Waals surface area contributed by atoms with Gasteiger partial charge < -0.3 is 4.42 Å². The zero-order valence-electron chi connectivity index (χ0n) is 14.9. The van der Waals surface area contributed by atoms with Crippen molar-refractivity contribution in [2.75, 3.05) is 0 Å². The fourth-order valence-corrected chi connectivity index (χ4v) is 2.65. The lowest BCUT2D eigenvalue weighted by Crippen LogP contribution is -1.93. The molecule has 4 heteroatoms. The molecule has 0 saturated heterocycles. The van der Waals surface area contributed by atoms with Crippen molar-refractivity contribution in [1.29, 1.82) is 0 Å². The number of aliphatic imine (C=N–C) groups is 1. The Kier molecular flexibility index (Phi) is 5.12. The van der Waals surface area contributed by atoms with Crippen molar-refractivity contribution in [3.8, 4) is 11.3 Å². The van der Waals surface area contributed by atoms with Gasteiger partial charge in [0.1, 0.15) is 23.2 Å². The molecule has 26 heavy (non-hydrogen) atoms. The first kappa shape index (κ1) is 17.8. The first-order valence-electron chi connectivity index (χ1n) is 8.29. The lowest BCUT2D eigenvalue weighted by Gasteiger charge is -2.05. The summed E-state index contributed by atoms with van der Waals surface area (Å²) < 4.78 is 32.7. The smallest absolute Gasteiger partial charge is 0.148 e. The Morgan fingerprint density at radius 1 is 0.885 bits per heavy atom. The molecule has 0 amide bonds. The van der Waals surface area contributed by atoms with Crippen molar-refractivity contribution in [2.24, 2.45) is 4.99 Å². The first-order valence-corrected chi connectivity index (χ1v) is 8.29. The second-order valence-electron chi connectivity index (χ2n) is 6.06. The standard InChI is InChI=1S/C22H19F2NO/c1-14(17-7-5-4-6-8-17)15(2)25-16(3)21-11-12-22(26-21)19-10-9-18(23)13-20(19)24/h4-13H,1-3H3/b15-14+,25-16?. The summed E-state index contributed by atoms with van der Waals surface area (Å²) >= 11 is 0. The van der Waals surface area contributed by atoms with Crippen molar-refractivity contribution < 1.29 is 13.2 Å². The second kappa shape index (κ2) is 7.48. The summed E-state index contributed by atoms with van der Waals surface area (Å²) in [6.07, 6.45) is 0. The van der Waals surface area contributed by atoms with E-state index in [-0.39, 0.29) is 5.56 Å². The topological polar surface area (TPSA) is 25.5 Å². The Balaban J connectivity index is 1.90. The molecule has 0 aliphatic heterocycles. The molecule has 132 valence electrons. The molecule has 1 aromatic heterocycles. The molecule has 2 nitrogen and oxygen atoms in total. The van der Waals surface area contributed by atoms with Crippen LogP contribution in [0.4, 0.5) is 8.78 Å². The maximum absolute atomic E-state index is 13.9. The molecular weight excluding hydrogens is 332 g/mol. The molecule has 0 radical (unpaired) electrons. The summed E-state index contributed by atoms with van der Waals surface area (Å²) in [5, 5.41) is 0. The summed E-state index contributed by atoms with van der Waals surface area (Å²) in [5.74, 6) is -0.387. The van der Waals surface area contributed by atoms with Crippen LogP contribution in [0.15, 0.2) is 75.8 Å². The molecule has 0 atom stereocenters. The third-order valence-corrected chi connectivity index (χ3v) is 4.24. The van der Waals surface area contributed by atoms with Crippen LogP contribution in [0.3, 0.4) is 0 Å². The van der Waals surface area contributed by atoms with Gasteiger partial charge in [-0.25, -0.2) is 8.78 Å². The van der Waals surface area contributed by atoms with Gasteiger partial charge in [-0.3, -0.25) is 4.99 Å². The number of halogens is 2. The molecule has 0 aliphatic carbocycles. The van der Waals surface area contributed by atoms with Gasteiger partial charge in [0.2, 0.25) is 0 Å². The highest BCUT2D eigenvalue weighted by atomic mass is 19.1. The number of benzene rings is 2. The van der Waals surface area contributed by atoms with Gasteiger partial charge in [-0.2, -0.15) is 0 Å². The zero-order valence-corrected chi connectivity index (χ0v) is 14.9. The minimum absolute atomic E-state index is 0.221. The summed E-state index contributed by atoms with van der Waals surface area (Å²) in [6.45, 7) is 5.80. The highest BCUT2D eigenvalue weighted by molar-refractivity contribution is 5.97. The SMILES string of the molecule is CC(=N/C(C)=C(\C)c1ccccc1)c1ccc(-c2ccc(F)cc2F)o1. The van der Waals surface area contributed by atoms with Crippen LogP contribution in [0, 0.1) is 11.6 Å². The number of allylic oxidation sites excluding steroid dienone is 2. The summed E-state index contributed by atoms with van der Waals surface area (Å²) in [7, 11) is 0. The van der Waals surface area contributed by atoms with Crippen LogP contribution in [0.5, 0.6) is 0 Å². The average molecular weight is 351 g/mol. The van der Waals surface area contributed by atoms with Crippen molar-refractivity contribution in [3.05, 3.63) is 89.3 Å². The predicted octanol–water partition coefficient (Wildman–Crippen LogP) is 6.48. The lowest BCUT2D eigenvalue weighted by atomic mass is 10.1. The molecule has 3 aromatic rings. The third-order valence-electron chi connectivity index (χ3n) is 4.24.